The van der Waals surface area contributed by atoms with Gasteiger partial charge in [0.15, 0.2) is 5.13 Å². The molecule has 2 aliphatic carbocycles. The standard InChI is InChI=1S/C25H36N4O5S/c1-5-8-28(4)20(32)13-16-21-17(14-18-24(16,2)7-6-19(31)25(18,3)15-30)35-22(26-21)27-23(33)29-9-11-34-12-10-29/h1,16,18-19,30-31H,6-15H2,2-4H3,(H,26,27,33). The molecule has 2 heterocycles. The average molecular weight is 505 g/mol. The third-order valence-corrected chi connectivity index (χ3v) is 9.55. The molecule has 0 bridgehead atoms. The van der Waals surface area contributed by atoms with Crippen molar-refractivity contribution in [3.63, 3.8) is 0 Å². The maximum atomic E-state index is 13.1. The molecular formula is C25H36N4O5S. The molecule has 1 aromatic heterocycles. The van der Waals surface area contributed by atoms with E-state index in [9.17, 15) is 19.8 Å². The zero-order valence-electron chi connectivity index (χ0n) is 20.7. The van der Waals surface area contributed by atoms with Crippen molar-refractivity contribution in [2.75, 3.05) is 51.8 Å². The van der Waals surface area contributed by atoms with Crippen molar-refractivity contribution >= 4 is 28.4 Å². The molecule has 2 fully saturated rings. The summed E-state index contributed by atoms with van der Waals surface area (Å²) in [4.78, 5) is 35.0. The number of nitrogens with zero attached hydrogens (tertiary/aromatic N) is 3. The molecule has 1 saturated carbocycles. The molecule has 0 spiro atoms. The molecule has 35 heavy (non-hydrogen) atoms. The first-order valence-corrected chi connectivity index (χ1v) is 13.0. The summed E-state index contributed by atoms with van der Waals surface area (Å²) >= 11 is 1.42. The van der Waals surface area contributed by atoms with Crippen LogP contribution in [0.2, 0.25) is 0 Å². The monoisotopic (exact) mass is 504 g/mol. The first kappa shape index (κ1) is 25.9. The number of aliphatic hydroxyl groups is 2. The summed E-state index contributed by atoms with van der Waals surface area (Å²) in [5.41, 5.74) is -0.210. The van der Waals surface area contributed by atoms with Crippen LogP contribution >= 0.6 is 11.3 Å². The van der Waals surface area contributed by atoms with E-state index in [1.807, 2.05) is 6.92 Å². The summed E-state index contributed by atoms with van der Waals surface area (Å²) in [5.74, 6) is 2.19. The summed E-state index contributed by atoms with van der Waals surface area (Å²) in [6, 6.07) is -0.208. The van der Waals surface area contributed by atoms with E-state index in [-0.39, 0.29) is 48.8 Å². The molecule has 1 aromatic rings. The number of urea groups is 1. The lowest BCUT2D eigenvalue weighted by atomic mass is 9.47. The third-order valence-electron chi connectivity index (χ3n) is 8.54. The Morgan fingerprint density at radius 1 is 1.37 bits per heavy atom. The fourth-order valence-electron chi connectivity index (χ4n) is 6.19. The van der Waals surface area contributed by atoms with Gasteiger partial charge in [-0.05, 0) is 30.6 Å². The van der Waals surface area contributed by atoms with Gasteiger partial charge in [0.2, 0.25) is 5.91 Å². The van der Waals surface area contributed by atoms with Gasteiger partial charge in [0.1, 0.15) is 0 Å². The molecule has 9 nitrogen and oxygen atoms in total. The van der Waals surface area contributed by atoms with E-state index >= 15 is 0 Å². The molecule has 10 heteroatoms. The van der Waals surface area contributed by atoms with Crippen LogP contribution in [0.3, 0.4) is 0 Å². The number of carbonyl (C=O) groups excluding carboxylic acids is 2. The highest BCUT2D eigenvalue weighted by atomic mass is 32.1. The lowest BCUT2D eigenvalue weighted by molar-refractivity contribution is -0.146. The number of morpholine rings is 1. The Labute approximate surface area is 210 Å². The van der Waals surface area contributed by atoms with Crippen molar-refractivity contribution in [2.45, 2.75) is 51.6 Å². The summed E-state index contributed by atoms with van der Waals surface area (Å²) in [6.45, 7) is 6.27. The van der Waals surface area contributed by atoms with Crippen LogP contribution in [0.4, 0.5) is 9.93 Å². The molecule has 5 unspecified atom stereocenters. The Hall–Kier alpha value is -2.19. The van der Waals surface area contributed by atoms with Gasteiger partial charge in [-0.3, -0.25) is 10.1 Å². The van der Waals surface area contributed by atoms with E-state index in [1.165, 1.54) is 11.3 Å². The second-order valence-electron chi connectivity index (χ2n) is 10.5. The van der Waals surface area contributed by atoms with E-state index < -0.39 is 11.5 Å². The lowest BCUT2D eigenvalue weighted by Gasteiger charge is -2.58. The number of anilines is 1. The predicted molar refractivity (Wildman–Crippen MR) is 133 cm³/mol. The lowest BCUT2D eigenvalue weighted by Crippen LogP contribution is -2.57. The fourth-order valence-corrected chi connectivity index (χ4v) is 7.25. The number of hydrogen-bond acceptors (Lipinski definition) is 7. The second-order valence-corrected chi connectivity index (χ2v) is 11.6. The summed E-state index contributed by atoms with van der Waals surface area (Å²) in [5, 5.41) is 24.7. The minimum Gasteiger partial charge on any atom is -0.396 e. The van der Waals surface area contributed by atoms with Crippen molar-refractivity contribution in [3.8, 4) is 12.3 Å². The van der Waals surface area contributed by atoms with Gasteiger partial charge < -0.3 is 24.7 Å². The molecule has 192 valence electrons. The van der Waals surface area contributed by atoms with Crippen LogP contribution in [0.15, 0.2) is 0 Å². The summed E-state index contributed by atoms with van der Waals surface area (Å²) in [7, 11) is 1.70. The number of ether oxygens (including phenoxy) is 1. The Morgan fingerprint density at radius 2 is 2.09 bits per heavy atom. The van der Waals surface area contributed by atoms with Crippen molar-refractivity contribution in [1.29, 1.82) is 0 Å². The molecule has 1 aliphatic heterocycles. The first-order valence-electron chi connectivity index (χ1n) is 12.2. The highest BCUT2D eigenvalue weighted by Crippen LogP contribution is 2.62. The summed E-state index contributed by atoms with van der Waals surface area (Å²) < 4.78 is 5.33. The van der Waals surface area contributed by atoms with Crippen LogP contribution in [0.5, 0.6) is 0 Å². The highest BCUT2D eigenvalue weighted by Gasteiger charge is 2.59. The van der Waals surface area contributed by atoms with Crippen molar-refractivity contribution in [3.05, 3.63) is 10.6 Å². The van der Waals surface area contributed by atoms with Gasteiger partial charge in [-0.15, -0.1) is 17.8 Å². The van der Waals surface area contributed by atoms with Crippen molar-refractivity contribution < 1.29 is 24.5 Å². The second kappa shape index (κ2) is 10.1. The normalized spacial score (nSPS) is 32.2. The van der Waals surface area contributed by atoms with Gasteiger partial charge in [-0.2, -0.15) is 0 Å². The molecule has 0 radical (unpaired) electrons. The Bertz CT molecular complexity index is 1000. The van der Waals surface area contributed by atoms with Crippen LogP contribution in [-0.4, -0.2) is 89.5 Å². The number of hydrogen-bond donors (Lipinski definition) is 3. The zero-order valence-corrected chi connectivity index (χ0v) is 21.6. The van der Waals surface area contributed by atoms with Crippen LogP contribution in [0.25, 0.3) is 0 Å². The van der Waals surface area contributed by atoms with Crippen LogP contribution < -0.4 is 5.32 Å². The molecule has 1 saturated heterocycles. The molecule has 3 amide bonds. The van der Waals surface area contributed by atoms with Crippen LogP contribution in [-0.2, 0) is 16.0 Å². The summed E-state index contributed by atoms with van der Waals surface area (Å²) in [6.07, 6.45) is 6.94. The molecule has 5 atom stereocenters. The first-order chi connectivity index (χ1) is 16.6. The highest BCUT2D eigenvalue weighted by molar-refractivity contribution is 7.15. The van der Waals surface area contributed by atoms with Crippen molar-refractivity contribution in [1.82, 2.24) is 14.8 Å². The van der Waals surface area contributed by atoms with E-state index in [0.29, 0.717) is 44.3 Å². The van der Waals surface area contributed by atoms with E-state index in [4.69, 9.17) is 16.1 Å². The number of nitrogens with one attached hydrogen (secondary N) is 1. The van der Waals surface area contributed by atoms with Gasteiger partial charge in [-0.25, -0.2) is 9.78 Å². The largest absolute Gasteiger partial charge is 0.396 e. The van der Waals surface area contributed by atoms with Crippen LogP contribution in [0.1, 0.15) is 49.6 Å². The average Bonchev–Trinajstić information content (AvgIpc) is 3.25. The number of thiazole rings is 1. The maximum absolute atomic E-state index is 13.1. The van der Waals surface area contributed by atoms with E-state index in [0.717, 1.165) is 17.0 Å². The number of aliphatic hydroxyl groups excluding tert-OH is 2. The minimum atomic E-state index is -0.697. The van der Waals surface area contributed by atoms with Gasteiger partial charge in [-0.1, -0.05) is 19.8 Å². The number of fused-ring (bicyclic) bond motifs is 2. The van der Waals surface area contributed by atoms with E-state index in [1.54, 1.807) is 16.8 Å². The molecule has 4 rings (SSSR count). The van der Waals surface area contributed by atoms with Crippen LogP contribution in [0, 0.1) is 29.1 Å². The number of terminal acetylenes is 1. The number of aromatic nitrogens is 1. The SMILES string of the molecule is C#CCN(C)C(=O)CC1c2nc(NC(=O)N3CCOCC3)sc2CC2C(C)(CO)C(O)CCC12C. The van der Waals surface area contributed by atoms with E-state index in [2.05, 4.69) is 18.2 Å². The zero-order chi connectivity index (χ0) is 25.4. The molecule has 3 N–H and O–H groups in total. The van der Waals surface area contributed by atoms with Gasteiger partial charge >= 0.3 is 6.03 Å². The van der Waals surface area contributed by atoms with Crippen molar-refractivity contribution in [2.24, 2.45) is 16.7 Å². The molecule has 3 aliphatic rings. The third kappa shape index (κ3) is 4.67. The maximum Gasteiger partial charge on any atom is 0.323 e. The quantitative estimate of drug-likeness (QED) is 0.528. The topological polar surface area (TPSA) is 115 Å². The fraction of sp³-hybridized carbons (Fsp3) is 0.720. The Kier molecular flexibility index (Phi) is 7.44. The predicted octanol–water partition coefficient (Wildman–Crippen LogP) is 1.90. The number of carbonyl (C=O) groups is 2. The minimum absolute atomic E-state index is 0.0461. The number of rotatable bonds is 5. The number of amides is 3. The Balaban J connectivity index is 1.68. The Morgan fingerprint density at radius 3 is 2.74 bits per heavy atom. The van der Waals surface area contributed by atoms with Gasteiger partial charge in [0, 0.05) is 42.8 Å². The van der Waals surface area contributed by atoms with Gasteiger partial charge in [0.25, 0.3) is 0 Å². The molecule has 0 aromatic carbocycles. The van der Waals surface area contributed by atoms with Gasteiger partial charge in [0.05, 0.1) is 38.2 Å². The smallest absolute Gasteiger partial charge is 0.323 e. The molecular weight excluding hydrogens is 468 g/mol.